The highest BCUT2D eigenvalue weighted by atomic mass is 31.2. The lowest BCUT2D eigenvalue weighted by Gasteiger charge is -2.39. The third-order valence-electron chi connectivity index (χ3n) is 8.35. The van der Waals surface area contributed by atoms with E-state index in [0.29, 0.717) is 36.4 Å². The third kappa shape index (κ3) is 9.23. The van der Waals surface area contributed by atoms with Crippen molar-refractivity contribution in [2.24, 2.45) is 5.92 Å². The van der Waals surface area contributed by atoms with Gasteiger partial charge in [-0.3, -0.25) is 23.8 Å². The van der Waals surface area contributed by atoms with Gasteiger partial charge in [0.2, 0.25) is 7.44 Å². The van der Waals surface area contributed by atoms with Gasteiger partial charge >= 0.3 is 11.9 Å². The normalized spacial score (nSPS) is 14.7. The Hall–Kier alpha value is -4.67. The molecule has 0 amide bonds. The van der Waals surface area contributed by atoms with Gasteiger partial charge in [-0.15, -0.1) is 0 Å². The number of benzene rings is 2. The summed E-state index contributed by atoms with van der Waals surface area (Å²) in [7, 11) is -4.01. The van der Waals surface area contributed by atoms with E-state index in [1.165, 1.54) is 12.7 Å². The van der Waals surface area contributed by atoms with Crippen LogP contribution in [0.3, 0.4) is 0 Å². The molecule has 0 radical (unpaired) electrons. The molecule has 2 aromatic heterocycles. The second-order valence-electron chi connectivity index (χ2n) is 12.0. The highest BCUT2D eigenvalue weighted by Crippen LogP contribution is 2.43. The molecular formula is C33H41N8O6P. The van der Waals surface area contributed by atoms with Gasteiger partial charge in [-0.25, -0.2) is 20.1 Å². The molecule has 5 N–H and O–H groups in total. The van der Waals surface area contributed by atoms with E-state index in [2.05, 4.69) is 31.2 Å². The second-order valence-corrected chi connectivity index (χ2v) is 14.4. The quantitative estimate of drug-likeness (QED) is 0.0909. The number of nitrogens with zero attached hydrogens (tertiary/aromatic N) is 5. The maximum atomic E-state index is 15.1. The average Bonchev–Trinajstić information content (AvgIpc) is 3.49. The van der Waals surface area contributed by atoms with Crippen LogP contribution in [0.1, 0.15) is 31.4 Å². The van der Waals surface area contributed by atoms with Gasteiger partial charge < -0.3 is 19.8 Å². The Balaban J connectivity index is 1.65. The largest absolute Gasteiger partial charge is 0.480 e. The molecule has 4 rings (SSSR count). The van der Waals surface area contributed by atoms with Gasteiger partial charge in [0.05, 0.1) is 18.7 Å². The number of aliphatic carboxylic acids is 2. The van der Waals surface area contributed by atoms with Crippen LogP contribution in [-0.2, 0) is 33.5 Å². The third-order valence-corrected chi connectivity index (χ3v) is 10.7. The molecule has 48 heavy (non-hydrogen) atoms. The zero-order valence-electron chi connectivity index (χ0n) is 27.0. The average molecular weight is 677 g/mol. The summed E-state index contributed by atoms with van der Waals surface area (Å²) in [6, 6.07) is 18.7. The molecule has 0 aliphatic heterocycles. The number of nitriles is 1. The van der Waals surface area contributed by atoms with E-state index in [-0.39, 0.29) is 43.0 Å². The minimum Gasteiger partial charge on any atom is -0.480 e. The van der Waals surface area contributed by atoms with Crippen molar-refractivity contribution >= 4 is 30.5 Å². The van der Waals surface area contributed by atoms with E-state index in [1.54, 1.807) is 66.9 Å². The van der Waals surface area contributed by atoms with Crippen molar-refractivity contribution in [3.05, 3.63) is 94.8 Å². The van der Waals surface area contributed by atoms with Crippen LogP contribution in [0.15, 0.2) is 78.1 Å². The van der Waals surface area contributed by atoms with E-state index in [1.807, 2.05) is 17.0 Å². The fraction of sp³-hybridized carbons (Fsp3) is 0.394. The van der Waals surface area contributed by atoms with Crippen molar-refractivity contribution in [1.29, 1.82) is 5.26 Å². The molecule has 0 aliphatic rings. The van der Waals surface area contributed by atoms with Crippen LogP contribution in [0.5, 0.6) is 0 Å². The maximum Gasteiger partial charge on any atom is 0.324 e. The van der Waals surface area contributed by atoms with E-state index < -0.39 is 36.9 Å². The van der Waals surface area contributed by atoms with Crippen molar-refractivity contribution in [2.75, 3.05) is 25.8 Å². The first-order valence-corrected chi connectivity index (χ1v) is 17.5. The minimum absolute atomic E-state index is 0.000907. The summed E-state index contributed by atoms with van der Waals surface area (Å²) in [5, 5.41) is 36.1. The number of aromatic amines is 1. The van der Waals surface area contributed by atoms with Crippen LogP contribution in [0, 0.1) is 17.2 Å². The van der Waals surface area contributed by atoms with Gasteiger partial charge in [-0.2, -0.15) is 5.26 Å². The Bertz CT molecular complexity index is 1820. The molecule has 15 heteroatoms. The zero-order chi connectivity index (χ0) is 34.7. The Kier molecular flexibility index (Phi) is 12.4. The van der Waals surface area contributed by atoms with Gasteiger partial charge in [0.25, 0.3) is 5.56 Å². The number of carboxylic acid groups (broad SMARTS) is 2. The predicted molar refractivity (Wildman–Crippen MR) is 180 cm³/mol. The first-order chi connectivity index (χ1) is 23.0. The number of hydrogen-bond donors (Lipinski definition) is 5. The number of fused-ring (bicyclic) bond motifs is 1. The summed E-state index contributed by atoms with van der Waals surface area (Å²) >= 11 is 0. The first-order valence-electron chi connectivity index (χ1n) is 15.6. The van der Waals surface area contributed by atoms with Gasteiger partial charge in [-0.1, -0.05) is 74.5 Å². The van der Waals surface area contributed by atoms with Gasteiger partial charge in [0, 0.05) is 45.2 Å². The number of carboxylic acids is 2. The number of nitrogens with one attached hydrogen (secondary N) is 3. The van der Waals surface area contributed by atoms with Crippen molar-refractivity contribution in [3.63, 3.8) is 0 Å². The van der Waals surface area contributed by atoms with Crippen molar-refractivity contribution in [2.45, 2.75) is 51.2 Å². The number of carbonyl (C=O) groups is 2. The minimum atomic E-state index is -4.01. The predicted octanol–water partition coefficient (Wildman–Crippen LogP) is 3.13. The van der Waals surface area contributed by atoms with Gasteiger partial charge in [0.15, 0.2) is 11.2 Å². The van der Waals surface area contributed by atoms with Gasteiger partial charge in [0.1, 0.15) is 11.6 Å². The van der Waals surface area contributed by atoms with E-state index in [9.17, 15) is 29.9 Å². The second kappa shape index (κ2) is 16.4. The summed E-state index contributed by atoms with van der Waals surface area (Å²) in [6.07, 6.45) is 2.82. The molecule has 0 spiro atoms. The molecule has 2 heterocycles. The molecular weight excluding hydrogens is 635 g/mol. The highest BCUT2D eigenvalue weighted by Gasteiger charge is 2.47. The molecule has 14 nitrogen and oxygen atoms in total. The molecule has 0 bridgehead atoms. The Labute approximate surface area is 278 Å². The molecule has 254 valence electrons. The lowest BCUT2D eigenvalue weighted by atomic mass is 9.82. The lowest BCUT2D eigenvalue weighted by Crippen LogP contribution is -2.59. The molecule has 3 atom stereocenters. The summed E-state index contributed by atoms with van der Waals surface area (Å²) < 4.78 is 16.8. The fourth-order valence-corrected chi connectivity index (χ4v) is 8.21. The highest BCUT2D eigenvalue weighted by molar-refractivity contribution is 7.60. The number of hydrogen-bond acceptors (Lipinski definition) is 8. The van der Waals surface area contributed by atoms with Crippen molar-refractivity contribution in [1.82, 2.24) is 34.6 Å². The molecule has 0 saturated heterocycles. The molecule has 0 aliphatic carbocycles. The van der Waals surface area contributed by atoms with Crippen LogP contribution in [0.2, 0.25) is 0 Å². The standard InChI is InChI=1S/C33H41N8O6P/c1-24(2)33(32(45)46,21-26-12-7-4-8-13-26)39-48(47,38-27(31(43)44)20-25-10-5-3-6-11-25)19-18-40(15-9-14-34)16-17-41-23-37-28-29(41)35-22-36-30(28)42/h3-8,10-13,22-24,27H,9,15-21H2,1-2H3,(H,43,44)(H,45,46)(H,35,36,42)(H2,38,39,47)/t27-,33-,48?/m0/s1. The first kappa shape index (κ1) is 36.2. The van der Waals surface area contributed by atoms with Crippen LogP contribution in [0.25, 0.3) is 11.2 Å². The molecule has 0 saturated carbocycles. The van der Waals surface area contributed by atoms with Crippen LogP contribution < -0.4 is 15.7 Å². The number of aromatic nitrogens is 4. The smallest absolute Gasteiger partial charge is 0.324 e. The van der Waals surface area contributed by atoms with E-state index in [0.717, 1.165) is 0 Å². The number of imidazole rings is 1. The summed E-state index contributed by atoms with van der Waals surface area (Å²) in [5.74, 6) is -3.00. The SMILES string of the molecule is CC(C)[C@](Cc1ccccc1)(NP(=O)(CCN(CCC#N)CCn1cnc2c(=O)[nH]cnc21)N[C@@H](Cc1ccccc1)C(=O)O)C(=O)O. The molecule has 2 aromatic carbocycles. The van der Waals surface area contributed by atoms with Crippen LogP contribution in [0.4, 0.5) is 0 Å². The van der Waals surface area contributed by atoms with Crippen LogP contribution >= 0.6 is 7.44 Å². The van der Waals surface area contributed by atoms with Gasteiger partial charge in [-0.05, 0) is 23.5 Å². The topological polar surface area (TPSA) is 206 Å². The number of H-pyrrole nitrogens is 1. The Morgan fingerprint density at radius 2 is 1.71 bits per heavy atom. The molecule has 4 aromatic rings. The number of rotatable bonds is 19. The fourth-order valence-electron chi connectivity index (χ4n) is 5.56. The lowest BCUT2D eigenvalue weighted by molar-refractivity contribution is -0.146. The van der Waals surface area contributed by atoms with E-state index in [4.69, 9.17) is 0 Å². The van der Waals surface area contributed by atoms with Crippen molar-refractivity contribution < 1.29 is 24.4 Å². The zero-order valence-corrected chi connectivity index (χ0v) is 27.8. The molecule has 1 unspecified atom stereocenters. The monoisotopic (exact) mass is 676 g/mol. The molecule has 0 fully saturated rings. The summed E-state index contributed by atoms with van der Waals surface area (Å²) in [4.78, 5) is 50.5. The Morgan fingerprint density at radius 1 is 1.04 bits per heavy atom. The van der Waals surface area contributed by atoms with Crippen molar-refractivity contribution in [3.8, 4) is 6.07 Å². The Morgan fingerprint density at radius 3 is 2.31 bits per heavy atom. The maximum absolute atomic E-state index is 15.1. The van der Waals surface area contributed by atoms with E-state index >= 15 is 4.57 Å². The van der Waals surface area contributed by atoms with Crippen LogP contribution in [-0.4, -0.2) is 83.9 Å². The summed E-state index contributed by atoms with van der Waals surface area (Å²) in [6.45, 7) is 4.58. The summed E-state index contributed by atoms with van der Waals surface area (Å²) in [5.41, 5.74) is -0.0913.